The number of alkyl halides is 1. The summed E-state index contributed by atoms with van der Waals surface area (Å²) in [5, 5.41) is 0.528. The minimum absolute atomic E-state index is 0.214. The molecule has 6 nitrogen and oxygen atoms in total. The molecule has 0 bridgehead atoms. The van der Waals surface area contributed by atoms with Crippen LogP contribution in [0.25, 0.3) is 10.2 Å². The van der Waals surface area contributed by atoms with E-state index in [4.69, 9.17) is 4.74 Å². The topological polar surface area (TPSA) is 78.3 Å². The Morgan fingerprint density at radius 2 is 1.96 bits per heavy atom. The third kappa shape index (κ3) is 2.44. The summed E-state index contributed by atoms with van der Waals surface area (Å²) in [5.74, 6) is -1.08. The van der Waals surface area contributed by atoms with E-state index in [1.807, 2.05) is 0 Å². The highest BCUT2D eigenvalue weighted by Gasteiger charge is 2.36. The van der Waals surface area contributed by atoms with Gasteiger partial charge in [0, 0.05) is 23.0 Å². The summed E-state index contributed by atoms with van der Waals surface area (Å²) in [4.78, 5) is 42.7. The van der Waals surface area contributed by atoms with Crippen molar-refractivity contribution in [1.29, 1.82) is 0 Å². The van der Waals surface area contributed by atoms with Gasteiger partial charge in [0.05, 0.1) is 27.9 Å². The maximum Gasteiger partial charge on any atom is 0.354 e. The van der Waals surface area contributed by atoms with Gasteiger partial charge in [-0.3, -0.25) is 9.59 Å². The molecule has 0 fully saturated rings. The fourth-order valence-corrected chi connectivity index (χ4v) is 4.26. The number of aromatic nitrogens is 2. The SMILES string of the molecule is CCOC(=O)c1cc2c(n1CCBr)C(=O)c1cc3ncsc3cc1C2=O. The minimum atomic E-state index is -0.546. The van der Waals surface area contributed by atoms with Crippen LogP contribution in [0.15, 0.2) is 23.7 Å². The van der Waals surface area contributed by atoms with Crippen LogP contribution in [0.5, 0.6) is 0 Å². The lowest BCUT2D eigenvalue weighted by molar-refractivity contribution is 0.0514. The molecular weight excluding hydrogens is 420 g/mol. The molecule has 4 rings (SSSR count). The van der Waals surface area contributed by atoms with E-state index in [-0.39, 0.29) is 35.1 Å². The summed E-state index contributed by atoms with van der Waals surface area (Å²) < 4.78 is 7.50. The number of carbonyl (C=O) groups is 3. The molecule has 0 amide bonds. The van der Waals surface area contributed by atoms with Gasteiger partial charge in [0.15, 0.2) is 5.78 Å². The Hall–Kier alpha value is -2.32. The van der Waals surface area contributed by atoms with Crippen molar-refractivity contribution in [3.05, 3.63) is 51.8 Å². The molecule has 1 aliphatic rings. The number of benzene rings is 1. The molecule has 0 spiro atoms. The number of fused-ring (bicyclic) bond motifs is 3. The van der Waals surface area contributed by atoms with Gasteiger partial charge in [0.1, 0.15) is 11.4 Å². The normalized spacial score (nSPS) is 13.0. The van der Waals surface area contributed by atoms with E-state index in [1.165, 1.54) is 17.4 Å². The van der Waals surface area contributed by atoms with Crippen molar-refractivity contribution >= 4 is 55.0 Å². The first-order chi connectivity index (χ1) is 12.6. The molecule has 0 N–H and O–H groups in total. The van der Waals surface area contributed by atoms with Gasteiger partial charge in [0.2, 0.25) is 5.78 Å². The van der Waals surface area contributed by atoms with Crippen LogP contribution in [-0.2, 0) is 11.3 Å². The highest BCUT2D eigenvalue weighted by Crippen LogP contribution is 2.33. The van der Waals surface area contributed by atoms with E-state index in [0.717, 1.165) is 4.70 Å². The molecule has 1 aliphatic carbocycles. The lowest BCUT2D eigenvalue weighted by atomic mass is 9.88. The zero-order chi connectivity index (χ0) is 18.4. The van der Waals surface area contributed by atoms with Crippen molar-refractivity contribution < 1.29 is 19.1 Å². The van der Waals surface area contributed by atoms with Gasteiger partial charge in [-0.1, -0.05) is 15.9 Å². The number of hydrogen-bond acceptors (Lipinski definition) is 6. The van der Waals surface area contributed by atoms with E-state index in [2.05, 4.69) is 20.9 Å². The van der Waals surface area contributed by atoms with Gasteiger partial charge in [-0.2, -0.15) is 0 Å². The number of nitrogens with zero attached hydrogens (tertiary/aromatic N) is 2. The third-order valence-electron chi connectivity index (χ3n) is 4.31. The average Bonchev–Trinajstić information content (AvgIpc) is 3.23. The van der Waals surface area contributed by atoms with Crippen molar-refractivity contribution in [2.24, 2.45) is 0 Å². The molecule has 2 aromatic heterocycles. The largest absolute Gasteiger partial charge is 0.461 e. The zero-order valence-electron chi connectivity index (χ0n) is 13.7. The first kappa shape index (κ1) is 17.1. The fourth-order valence-electron chi connectivity index (χ4n) is 3.21. The van der Waals surface area contributed by atoms with Crippen LogP contribution in [0.2, 0.25) is 0 Å². The number of halogens is 1. The van der Waals surface area contributed by atoms with Gasteiger partial charge in [-0.15, -0.1) is 11.3 Å². The van der Waals surface area contributed by atoms with E-state index in [1.54, 1.807) is 29.1 Å². The molecule has 1 aromatic carbocycles. The van der Waals surface area contributed by atoms with Crippen LogP contribution in [0.1, 0.15) is 49.4 Å². The van der Waals surface area contributed by atoms with Crippen LogP contribution >= 0.6 is 27.3 Å². The van der Waals surface area contributed by atoms with Crippen molar-refractivity contribution in [2.75, 3.05) is 11.9 Å². The second-order valence-electron chi connectivity index (χ2n) is 5.73. The Balaban J connectivity index is 1.95. The van der Waals surface area contributed by atoms with Crippen molar-refractivity contribution in [2.45, 2.75) is 13.5 Å². The van der Waals surface area contributed by atoms with Crippen LogP contribution in [0, 0.1) is 0 Å². The predicted molar refractivity (Wildman–Crippen MR) is 101 cm³/mol. The molecule has 0 saturated heterocycles. The van der Waals surface area contributed by atoms with Crippen LogP contribution in [-0.4, -0.2) is 39.0 Å². The molecule has 0 aliphatic heterocycles. The summed E-state index contributed by atoms with van der Waals surface area (Å²) in [5.41, 5.74) is 3.74. The summed E-state index contributed by atoms with van der Waals surface area (Å²) in [6.07, 6.45) is 0. The molecular formula is C18H13BrN2O4S. The molecule has 2 heterocycles. The standard InChI is InChI=1S/C18H13BrN2O4S/c1-2-25-18(24)13-6-11-15(21(13)4-3-19)17(23)9-5-12-14(26-8-20-12)7-10(9)16(11)22/h5-8H,2-4H2,1H3. The number of esters is 1. The highest BCUT2D eigenvalue weighted by atomic mass is 79.9. The van der Waals surface area contributed by atoms with Crippen molar-refractivity contribution in [3.8, 4) is 0 Å². The lowest BCUT2D eigenvalue weighted by Gasteiger charge is -2.17. The number of ketones is 2. The molecule has 0 radical (unpaired) electrons. The average molecular weight is 433 g/mol. The van der Waals surface area contributed by atoms with E-state index >= 15 is 0 Å². The molecule has 132 valence electrons. The van der Waals surface area contributed by atoms with E-state index in [9.17, 15) is 14.4 Å². The molecule has 0 unspecified atom stereocenters. The van der Waals surface area contributed by atoms with Gasteiger partial charge in [0.25, 0.3) is 0 Å². The van der Waals surface area contributed by atoms with E-state index < -0.39 is 5.97 Å². The molecule has 0 atom stereocenters. The predicted octanol–water partition coefficient (Wildman–Crippen LogP) is 3.44. The van der Waals surface area contributed by atoms with Crippen LogP contribution in [0.4, 0.5) is 0 Å². The van der Waals surface area contributed by atoms with Gasteiger partial charge < -0.3 is 9.30 Å². The zero-order valence-corrected chi connectivity index (χ0v) is 16.1. The summed E-state index contributed by atoms with van der Waals surface area (Å²) in [7, 11) is 0. The summed E-state index contributed by atoms with van der Waals surface area (Å²) in [6.45, 7) is 2.30. The Morgan fingerprint density at radius 3 is 2.69 bits per heavy atom. The monoisotopic (exact) mass is 432 g/mol. The Labute approximate surface area is 160 Å². The third-order valence-corrected chi connectivity index (χ3v) is 5.46. The smallest absolute Gasteiger partial charge is 0.354 e. The second kappa shape index (κ2) is 6.44. The lowest BCUT2D eigenvalue weighted by Crippen LogP contribution is -2.24. The van der Waals surface area contributed by atoms with Gasteiger partial charge in [-0.25, -0.2) is 9.78 Å². The number of thiazole rings is 1. The maximum atomic E-state index is 13.1. The Morgan fingerprint density at radius 1 is 1.19 bits per heavy atom. The first-order valence-corrected chi connectivity index (χ1v) is 10.00. The van der Waals surface area contributed by atoms with Crippen LogP contribution < -0.4 is 0 Å². The van der Waals surface area contributed by atoms with Gasteiger partial charge >= 0.3 is 5.97 Å². The van der Waals surface area contributed by atoms with Crippen molar-refractivity contribution in [3.63, 3.8) is 0 Å². The Bertz CT molecular complexity index is 1080. The van der Waals surface area contributed by atoms with Gasteiger partial charge in [-0.05, 0) is 25.1 Å². The quantitative estimate of drug-likeness (QED) is 0.364. The molecule has 8 heteroatoms. The highest BCUT2D eigenvalue weighted by molar-refractivity contribution is 9.09. The minimum Gasteiger partial charge on any atom is -0.461 e. The van der Waals surface area contributed by atoms with Crippen LogP contribution in [0.3, 0.4) is 0 Å². The number of hydrogen-bond donors (Lipinski definition) is 0. The molecule has 0 saturated carbocycles. The summed E-state index contributed by atoms with van der Waals surface area (Å²) >= 11 is 4.75. The maximum absolute atomic E-state index is 13.1. The molecule has 26 heavy (non-hydrogen) atoms. The first-order valence-electron chi connectivity index (χ1n) is 8.00. The number of rotatable bonds is 4. The Kier molecular flexibility index (Phi) is 4.24. The van der Waals surface area contributed by atoms with Crippen molar-refractivity contribution in [1.82, 2.24) is 9.55 Å². The number of ether oxygens (including phenoxy) is 1. The molecule has 3 aromatic rings. The van der Waals surface area contributed by atoms with E-state index in [0.29, 0.717) is 28.5 Å². The second-order valence-corrected chi connectivity index (χ2v) is 7.41. The number of carbonyl (C=O) groups excluding carboxylic acids is 3. The fraction of sp³-hybridized carbons (Fsp3) is 0.222. The summed E-state index contributed by atoms with van der Waals surface area (Å²) in [6, 6.07) is 4.83.